The molecule has 2 N–H and O–H groups in total. The number of nitrogens with one attached hydrogen (secondary N) is 2. The number of rotatable bonds is 4. The second-order valence-electron chi connectivity index (χ2n) is 4.29. The molecule has 0 atom stereocenters. The van der Waals surface area contributed by atoms with Gasteiger partial charge in [-0.3, -0.25) is 9.52 Å². The van der Waals surface area contributed by atoms with Crippen LogP contribution in [0.15, 0.2) is 47.4 Å². The Bertz CT molecular complexity index is 698. The maximum absolute atomic E-state index is 11.9. The summed E-state index contributed by atoms with van der Waals surface area (Å²) in [7, 11) is -3.49. The number of pyridine rings is 1. The van der Waals surface area contributed by atoms with Crippen molar-refractivity contribution in [3.63, 3.8) is 0 Å². The van der Waals surface area contributed by atoms with E-state index in [4.69, 9.17) is 0 Å². The van der Waals surface area contributed by atoms with Gasteiger partial charge in [-0.2, -0.15) is 0 Å². The Labute approximate surface area is 111 Å². The van der Waals surface area contributed by atoms with Crippen LogP contribution in [0.25, 0.3) is 0 Å². The lowest BCUT2D eigenvalue weighted by Gasteiger charge is -2.07. The van der Waals surface area contributed by atoms with Crippen LogP contribution in [-0.2, 0) is 15.8 Å². The molecule has 0 unspecified atom stereocenters. The van der Waals surface area contributed by atoms with Gasteiger partial charge in [-0.15, -0.1) is 0 Å². The number of hydrogen-bond donors (Lipinski definition) is 2. The molecule has 1 aromatic heterocycles. The molecule has 0 aliphatic heterocycles. The number of hydrogen-bond acceptors (Lipinski definition) is 3. The maximum Gasteiger partial charge on any atom is 0.248 e. The highest BCUT2D eigenvalue weighted by Crippen LogP contribution is 2.11. The third-order valence-electron chi connectivity index (χ3n) is 2.53. The SMILES string of the molecule is Cc1ccc(CS(=O)(=O)Nc2ccc(=O)[nH]c2)cc1. The fraction of sp³-hybridized carbons (Fsp3) is 0.154. The van der Waals surface area contributed by atoms with E-state index >= 15 is 0 Å². The van der Waals surface area contributed by atoms with Crippen LogP contribution < -0.4 is 10.3 Å². The molecule has 0 saturated carbocycles. The minimum absolute atomic E-state index is 0.105. The molecule has 0 aliphatic rings. The average Bonchev–Trinajstić information content (AvgIpc) is 2.34. The Morgan fingerprint density at radius 3 is 2.37 bits per heavy atom. The van der Waals surface area contributed by atoms with E-state index in [0.717, 1.165) is 5.56 Å². The van der Waals surface area contributed by atoms with E-state index in [-0.39, 0.29) is 11.3 Å². The first-order valence-electron chi connectivity index (χ1n) is 5.69. The molecule has 0 amide bonds. The minimum Gasteiger partial charge on any atom is -0.327 e. The predicted molar refractivity (Wildman–Crippen MR) is 74.5 cm³/mol. The zero-order valence-corrected chi connectivity index (χ0v) is 11.2. The topological polar surface area (TPSA) is 79.0 Å². The molecule has 0 aliphatic carbocycles. The number of aromatic nitrogens is 1. The van der Waals surface area contributed by atoms with Gasteiger partial charge in [0.1, 0.15) is 0 Å². The monoisotopic (exact) mass is 278 g/mol. The number of aryl methyl sites for hydroxylation is 1. The predicted octanol–water partition coefficient (Wildman–Crippen LogP) is 1.63. The number of aromatic amines is 1. The maximum atomic E-state index is 11.9. The van der Waals surface area contributed by atoms with Gasteiger partial charge in [0.25, 0.3) is 0 Å². The van der Waals surface area contributed by atoms with Gasteiger partial charge >= 0.3 is 0 Å². The molecule has 2 rings (SSSR count). The first-order valence-corrected chi connectivity index (χ1v) is 7.35. The van der Waals surface area contributed by atoms with Crippen LogP contribution in [0.5, 0.6) is 0 Å². The zero-order chi connectivity index (χ0) is 13.9. The molecular weight excluding hydrogens is 264 g/mol. The molecule has 0 saturated heterocycles. The van der Waals surface area contributed by atoms with Crippen molar-refractivity contribution in [2.45, 2.75) is 12.7 Å². The normalized spacial score (nSPS) is 11.2. The lowest BCUT2D eigenvalue weighted by Crippen LogP contribution is -2.16. The van der Waals surface area contributed by atoms with E-state index in [1.807, 2.05) is 19.1 Å². The van der Waals surface area contributed by atoms with Crippen molar-refractivity contribution in [3.8, 4) is 0 Å². The van der Waals surface area contributed by atoms with E-state index in [0.29, 0.717) is 11.3 Å². The molecule has 0 bridgehead atoms. The Kier molecular flexibility index (Phi) is 3.71. The molecule has 100 valence electrons. The first kappa shape index (κ1) is 13.4. The number of H-pyrrole nitrogens is 1. The van der Waals surface area contributed by atoms with Crippen LogP contribution in [0.4, 0.5) is 5.69 Å². The molecule has 0 radical (unpaired) electrons. The lowest BCUT2D eigenvalue weighted by atomic mass is 10.2. The fourth-order valence-corrected chi connectivity index (χ4v) is 2.78. The Morgan fingerprint density at radius 1 is 1.11 bits per heavy atom. The molecule has 2 aromatic rings. The molecule has 0 spiro atoms. The van der Waals surface area contributed by atoms with Gasteiger partial charge in [0.05, 0.1) is 11.4 Å². The molecule has 6 heteroatoms. The van der Waals surface area contributed by atoms with E-state index in [1.54, 1.807) is 12.1 Å². The van der Waals surface area contributed by atoms with E-state index < -0.39 is 10.0 Å². The number of sulfonamides is 1. The van der Waals surface area contributed by atoms with Gasteiger partial charge in [-0.1, -0.05) is 29.8 Å². The summed E-state index contributed by atoms with van der Waals surface area (Å²) >= 11 is 0. The molecule has 19 heavy (non-hydrogen) atoms. The largest absolute Gasteiger partial charge is 0.327 e. The third kappa shape index (κ3) is 3.96. The van der Waals surface area contributed by atoms with E-state index in [2.05, 4.69) is 9.71 Å². The summed E-state index contributed by atoms with van der Waals surface area (Å²) < 4.78 is 26.3. The van der Waals surface area contributed by atoms with Crippen LogP contribution in [-0.4, -0.2) is 13.4 Å². The summed E-state index contributed by atoms with van der Waals surface area (Å²) in [6.45, 7) is 1.94. The molecule has 5 nitrogen and oxygen atoms in total. The third-order valence-corrected chi connectivity index (χ3v) is 3.79. The van der Waals surface area contributed by atoms with Gasteiger partial charge in [0.2, 0.25) is 15.6 Å². The molecule has 0 fully saturated rings. The summed E-state index contributed by atoms with van der Waals surface area (Å²) in [4.78, 5) is 13.3. The highest BCUT2D eigenvalue weighted by Gasteiger charge is 2.11. The number of benzene rings is 1. The molecular formula is C13H14N2O3S. The summed E-state index contributed by atoms with van der Waals surface area (Å²) in [5.74, 6) is -0.105. The van der Waals surface area contributed by atoms with Crippen LogP contribution in [0.2, 0.25) is 0 Å². The van der Waals surface area contributed by atoms with Crippen molar-refractivity contribution in [3.05, 3.63) is 64.1 Å². The van der Waals surface area contributed by atoms with Gasteiger partial charge in [-0.25, -0.2) is 8.42 Å². The smallest absolute Gasteiger partial charge is 0.248 e. The van der Waals surface area contributed by atoms with Gasteiger partial charge in [-0.05, 0) is 18.6 Å². The van der Waals surface area contributed by atoms with Crippen molar-refractivity contribution < 1.29 is 8.42 Å². The minimum atomic E-state index is -3.49. The summed E-state index contributed by atoms with van der Waals surface area (Å²) in [6, 6.07) is 9.98. The Hall–Kier alpha value is -2.08. The van der Waals surface area contributed by atoms with Gasteiger partial charge < -0.3 is 4.98 Å². The van der Waals surface area contributed by atoms with Crippen molar-refractivity contribution in [1.29, 1.82) is 0 Å². The van der Waals surface area contributed by atoms with Crippen LogP contribution in [0.3, 0.4) is 0 Å². The van der Waals surface area contributed by atoms with Crippen LogP contribution >= 0.6 is 0 Å². The average molecular weight is 278 g/mol. The van der Waals surface area contributed by atoms with Crippen LogP contribution in [0, 0.1) is 6.92 Å². The highest BCUT2D eigenvalue weighted by molar-refractivity contribution is 7.91. The van der Waals surface area contributed by atoms with Crippen molar-refractivity contribution in [1.82, 2.24) is 4.98 Å². The summed E-state index contributed by atoms with van der Waals surface area (Å²) in [6.07, 6.45) is 1.33. The van der Waals surface area contributed by atoms with Crippen molar-refractivity contribution in [2.75, 3.05) is 4.72 Å². The fourth-order valence-electron chi connectivity index (χ4n) is 1.59. The number of anilines is 1. The van der Waals surface area contributed by atoms with E-state index in [1.165, 1.54) is 18.3 Å². The van der Waals surface area contributed by atoms with E-state index in [9.17, 15) is 13.2 Å². The van der Waals surface area contributed by atoms with Crippen LogP contribution in [0.1, 0.15) is 11.1 Å². The standard InChI is InChI=1S/C13H14N2O3S/c1-10-2-4-11(5-3-10)9-19(17,18)15-12-6-7-13(16)14-8-12/h2-8,15H,9H2,1H3,(H,14,16). The van der Waals surface area contributed by atoms with Gasteiger partial charge in [0, 0.05) is 12.3 Å². The van der Waals surface area contributed by atoms with Crippen molar-refractivity contribution in [2.24, 2.45) is 0 Å². The molecule has 1 aromatic carbocycles. The van der Waals surface area contributed by atoms with Crippen molar-refractivity contribution >= 4 is 15.7 Å². The summed E-state index contributed by atoms with van der Waals surface area (Å²) in [5.41, 5.74) is 1.85. The lowest BCUT2D eigenvalue weighted by molar-refractivity contribution is 0.600. The summed E-state index contributed by atoms with van der Waals surface area (Å²) in [5, 5.41) is 0. The quantitative estimate of drug-likeness (QED) is 0.892. The first-order chi connectivity index (χ1) is 8.94. The molecule has 1 heterocycles. The second-order valence-corrected chi connectivity index (χ2v) is 6.01. The Morgan fingerprint density at radius 2 is 1.79 bits per heavy atom. The zero-order valence-electron chi connectivity index (χ0n) is 10.4. The van der Waals surface area contributed by atoms with Gasteiger partial charge in [0.15, 0.2) is 0 Å². The Balaban J connectivity index is 2.12. The second kappa shape index (κ2) is 5.27. The highest BCUT2D eigenvalue weighted by atomic mass is 32.2.